The number of amides is 2. The lowest BCUT2D eigenvalue weighted by atomic mass is 10.1. The van der Waals surface area contributed by atoms with Crippen LogP contribution in [0.1, 0.15) is 27.2 Å². The van der Waals surface area contributed by atoms with E-state index in [2.05, 4.69) is 10.6 Å². The van der Waals surface area contributed by atoms with Crippen LogP contribution in [0.5, 0.6) is 0 Å². The SMILES string of the molecule is Cc1ccccc1CC(=O)Nc1ccc(NC(=O)c2ccco2)cc1C(F)(F)F. The van der Waals surface area contributed by atoms with E-state index >= 15 is 0 Å². The number of hydrogen-bond donors (Lipinski definition) is 2. The van der Waals surface area contributed by atoms with Crippen molar-refractivity contribution < 1.29 is 27.2 Å². The van der Waals surface area contributed by atoms with Crippen LogP contribution in [0.4, 0.5) is 24.5 Å². The van der Waals surface area contributed by atoms with Gasteiger partial charge in [0.05, 0.1) is 23.9 Å². The topological polar surface area (TPSA) is 71.3 Å². The lowest BCUT2D eigenvalue weighted by molar-refractivity contribution is -0.136. The largest absolute Gasteiger partial charge is 0.459 e. The van der Waals surface area contributed by atoms with Crippen molar-refractivity contribution in [2.45, 2.75) is 19.5 Å². The summed E-state index contributed by atoms with van der Waals surface area (Å²) in [6.45, 7) is 1.82. The Morgan fingerprint density at radius 2 is 1.76 bits per heavy atom. The van der Waals surface area contributed by atoms with Crippen molar-refractivity contribution in [3.8, 4) is 0 Å². The molecule has 2 amide bonds. The van der Waals surface area contributed by atoms with Crippen LogP contribution in [-0.2, 0) is 17.4 Å². The molecule has 0 bridgehead atoms. The standard InChI is InChI=1S/C21H17F3N2O3/c1-13-5-2-3-6-14(13)11-19(27)26-17-9-8-15(12-16(17)21(22,23)24)25-20(28)18-7-4-10-29-18/h2-10,12H,11H2,1H3,(H,25,28)(H,26,27). The van der Waals surface area contributed by atoms with Crippen molar-refractivity contribution in [2.75, 3.05) is 10.6 Å². The molecule has 0 spiro atoms. The van der Waals surface area contributed by atoms with E-state index in [0.717, 1.165) is 23.3 Å². The highest BCUT2D eigenvalue weighted by molar-refractivity contribution is 6.02. The number of nitrogens with one attached hydrogen (secondary N) is 2. The smallest absolute Gasteiger partial charge is 0.418 e. The van der Waals surface area contributed by atoms with Gasteiger partial charge in [-0.3, -0.25) is 9.59 Å². The van der Waals surface area contributed by atoms with Crippen molar-refractivity contribution in [2.24, 2.45) is 0 Å². The summed E-state index contributed by atoms with van der Waals surface area (Å²) in [7, 11) is 0. The summed E-state index contributed by atoms with van der Waals surface area (Å²) in [4.78, 5) is 24.2. The molecule has 1 aromatic heterocycles. The van der Waals surface area contributed by atoms with Crippen LogP contribution in [-0.4, -0.2) is 11.8 Å². The second-order valence-electron chi connectivity index (χ2n) is 6.34. The highest BCUT2D eigenvalue weighted by Crippen LogP contribution is 2.36. The highest BCUT2D eigenvalue weighted by Gasteiger charge is 2.34. The molecule has 0 aliphatic rings. The van der Waals surface area contributed by atoms with Gasteiger partial charge in [0.25, 0.3) is 5.91 Å². The molecule has 0 atom stereocenters. The van der Waals surface area contributed by atoms with Gasteiger partial charge in [0.15, 0.2) is 5.76 Å². The van der Waals surface area contributed by atoms with Gasteiger partial charge in [-0.1, -0.05) is 24.3 Å². The van der Waals surface area contributed by atoms with Crippen LogP contribution in [0.2, 0.25) is 0 Å². The van der Waals surface area contributed by atoms with Crippen molar-refractivity contribution >= 4 is 23.2 Å². The molecule has 5 nitrogen and oxygen atoms in total. The van der Waals surface area contributed by atoms with E-state index in [4.69, 9.17) is 4.42 Å². The van der Waals surface area contributed by atoms with E-state index in [1.807, 2.05) is 19.1 Å². The molecule has 3 rings (SSSR count). The molecule has 2 aromatic carbocycles. The molecule has 8 heteroatoms. The third-order valence-electron chi connectivity index (χ3n) is 4.21. The fourth-order valence-corrected chi connectivity index (χ4v) is 2.74. The van der Waals surface area contributed by atoms with Gasteiger partial charge in [-0.05, 0) is 48.4 Å². The van der Waals surface area contributed by atoms with Crippen LogP contribution in [0.3, 0.4) is 0 Å². The Morgan fingerprint density at radius 3 is 2.41 bits per heavy atom. The zero-order chi connectivity index (χ0) is 21.0. The summed E-state index contributed by atoms with van der Waals surface area (Å²) in [6, 6.07) is 13.2. The van der Waals surface area contributed by atoms with E-state index in [0.29, 0.717) is 0 Å². The summed E-state index contributed by atoms with van der Waals surface area (Å²) < 4.78 is 45.4. The normalized spacial score (nSPS) is 11.2. The average Bonchev–Trinajstić information content (AvgIpc) is 3.19. The number of carbonyl (C=O) groups excluding carboxylic acids is 2. The Hall–Kier alpha value is -3.55. The summed E-state index contributed by atoms with van der Waals surface area (Å²) >= 11 is 0. The molecule has 0 saturated heterocycles. The minimum Gasteiger partial charge on any atom is -0.459 e. The maximum atomic E-state index is 13.5. The number of carbonyl (C=O) groups is 2. The third-order valence-corrected chi connectivity index (χ3v) is 4.21. The van der Waals surface area contributed by atoms with Gasteiger partial charge in [0.2, 0.25) is 5.91 Å². The Kier molecular flexibility index (Phi) is 5.72. The van der Waals surface area contributed by atoms with E-state index in [9.17, 15) is 22.8 Å². The van der Waals surface area contributed by atoms with E-state index < -0.39 is 23.6 Å². The zero-order valence-electron chi connectivity index (χ0n) is 15.3. The monoisotopic (exact) mass is 402 g/mol. The molecule has 0 aliphatic heterocycles. The molecule has 0 saturated carbocycles. The quantitative estimate of drug-likeness (QED) is 0.628. The lowest BCUT2D eigenvalue weighted by Gasteiger charge is -2.16. The van der Waals surface area contributed by atoms with E-state index in [-0.39, 0.29) is 23.6 Å². The molecule has 3 aromatic rings. The molecular formula is C21H17F3N2O3. The summed E-state index contributed by atoms with van der Waals surface area (Å²) in [5.41, 5.74) is 0.0751. The zero-order valence-corrected chi connectivity index (χ0v) is 15.3. The molecule has 29 heavy (non-hydrogen) atoms. The van der Waals surface area contributed by atoms with Crippen LogP contribution < -0.4 is 10.6 Å². The summed E-state index contributed by atoms with van der Waals surface area (Å²) in [6.07, 6.45) is -3.50. The number of benzene rings is 2. The number of alkyl halides is 3. The fourth-order valence-electron chi connectivity index (χ4n) is 2.74. The van der Waals surface area contributed by atoms with Gasteiger partial charge in [-0.15, -0.1) is 0 Å². The molecule has 0 aliphatic carbocycles. The number of halogens is 3. The summed E-state index contributed by atoms with van der Waals surface area (Å²) in [5, 5.41) is 4.65. The van der Waals surface area contributed by atoms with Gasteiger partial charge in [0, 0.05) is 5.69 Å². The van der Waals surface area contributed by atoms with Gasteiger partial charge < -0.3 is 15.1 Å². The van der Waals surface area contributed by atoms with Gasteiger partial charge in [0.1, 0.15) is 0 Å². The van der Waals surface area contributed by atoms with Crippen molar-refractivity contribution in [3.05, 3.63) is 83.3 Å². The van der Waals surface area contributed by atoms with Crippen LogP contribution in [0.15, 0.2) is 65.3 Å². The number of anilines is 2. The maximum Gasteiger partial charge on any atom is 0.418 e. The molecule has 150 valence electrons. The average molecular weight is 402 g/mol. The number of rotatable bonds is 5. The van der Waals surface area contributed by atoms with Gasteiger partial charge in [-0.25, -0.2) is 0 Å². The Labute approximate surface area is 164 Å². The first-order chi connectivity index (χ1) is 13.7. The first-order valence-corrected chi connectivity index (χ1v) is 8.64. The molecule has 1 heterocycles. The van der Waals surface area contributed by atoms with Gasteiger partial charge in [-0.2, -0.15) is 13.2 Å². The van der Waals surface area contributed by atoms with Gasteiger partial charge >= 0.3 is 6.18 Å². The first-order valence-electron chi connectivity index (χ1n) is 8.64. The van der Waals surface area contributed by atoms with Crippen molar-refractivity contribution in [1.82, 2.24) is 0 Å². The predicted octanol–water partition coefficient (Wildman–Crippen LogP) is 5.04. The Morgan fingerprint density at radius 1 is 1.00 bits per heavy atom. The maximum absolute atomic E-state index is 13.5. The minimum absolute atomic E-state index is 0.0332. The van der Waals surface area contributed by atoms with Crippen LogP contribution in [0, 0.1) is 6.92 Å². The molecule has 0 radical (unpaired) electrons. The predicted molar refractivity (Wildman–Crippen MR) is 102 cm³/mol. The van der Waals surface area contributed by atoms with Crippen LogP contribution >= 0.6 is 0 Å². The third kappa shape index (κ3) is 5.04. The van der Waals surface area contributed by atoms with E-state index in [1.54, 1.807) is 12.1 Å². The van der Waals surface area contributed by atoms with Crippen LogP contribution in [0.25, 0.3) is 0 Å². The lowest BCUT2D eigenvalue weighted by Crippen LogP contribution is -2.19. The highest BCUT2D eigenvalue weighted by atomic mass is 19.4. The Balaban J connectivity index is 1.80. The molecule has 2 N–H and O–H groups in total. The number of furan rings is 1. The Bertz CT molecular complexity index is 1030. The first kappa shape index (κ1) is 20.2. The molecule has 0 unspecified atom stereocenters. The minimum atomic E-state index is -4.73. The second kappa shape index (κ2) is 8.22. The van der Waals surface area contributed by atoms with Crippen molar-refractivity contribution in [3.63, 3.8) is 0 Å². The summed E-state index contributed by atoms with van der Waals surface area (Å²) in [5.74, 6) is -1.29. The van der Waals surface area contributed by atoms with E-state index in [1.165, 1.54) is 24.5 Å². The van der Waals surface area contributed by atoms with Crippen molar-refractivity contribution in [1.29, 1.82) is 0 Å². The number of aryl methyl sites for hydroxylation is 1. The molecule has 0 fully saturated rings. The number of hydrogen-bond acceptors (Lipinski definition) is 3. The molecular weight excluding hydrogens is 385 g/mol. The fraction of sp³-hybridized carbons (Fsp3) is 0.143. The second-order valence-corrected chi connectivity index (χ2v) is 6.34.